The van der Waals surface area contributed by atoms with Gasteiger partial charge in [-0.1, -0.05) is 42.5 Å². The van der Waals surface area contributed by atoms with Crippen LogP contribution >= 0.6 is 0 Å². The van der Waals surface area contributed by atoms with Crippen molar-refractivity contribution in [3.05, 3.63) is 95.3 Å². The van der Waals surface area contributed by atoms with E-state index in [1.54, 1.807) is 12.1 Å². The first-order valence-electron chi connectivity index (χ1n) is 10.4. The lowest BCUT2D eigenvalue weighted by Crippen LogP contribution is -2.31. The second-order valence-corrected chi connectivity index (χ2v) is 7.78. The molecule has 1 aromatic heterocycles. The van der Waals surface area contributed by atoms with Crippen LogP contribution < -0.4 is 10.6 Å². The van der Waals surface area contributed by atoms with Gasteiger partial charge in [0.2, 0.25) is 5.91 Å². The molecule has 6 heteroatoms. The van der Waals surface area contributed by atoms with Crippen LogP contribution in [0.2, 0.25) is 0 Å². The first kappa shape index (κ1) is 19.1. The SMILES string of the molecule is O=C1CCc2cc(C(=O)NC(Cc3ccccc3)c3nc4ccccc4[nH]3)ccc2N1. The molecular formula is C25H22N4O2. The number of fused-ring (bicyclic) bond motifs is 2. The molecule has 2 amide bonds. The van der Waals surface area contributed by atoms with Crippen LogP contribution in [0.15, 0.2) is 72.8 Å². The summed E-state index contributed by atoms with van der Waals surface area (Å²) in [4.78, 5) is 32.8. The molecule has 1 atom stereocenters. The Hall–Kier alpha value is -3.93. The Kier molecular flexibility index (Phi) is 4.96. The van der Waals surface area contributed by atoms with Gasteiger partial charge in [0.15, 0.2) is 0 Å². The number of H-pyrrole nitrogens is 1. The maximum atomic E-state index is 13.1. The zero-order valence-corrected chi connectivity index (χ0v) is 16.9. The Morgan fingerprint density at radius 1 is 1.00 bits per heavy atom. The molecule has 5 rings (SSSR count). The third-order valence-electron chi connectivity index (χ3n) is 5.59. The number of rotatable bonds is 5. The third-order valence-corrected chi connectivity index (χ3v) is 5.59. The lowest BCUT2D eigenvalue weighted by molar-refractivity contribution is -0.116. The van der Waals surface area contributed by atoms with Crippen LogP contribution in [0.1, 0.15) is 39.8 Å². The molecule has 1 aliphatic heterocycles. The number of amides is 2. The number of carbonyl (C=O) groups is 2. The van der Waals surface area contributed by atoms with Crippen molar-refractivity contribution in [1.82, 2.24) is 15.3 Å². The molecule has 31 heavy (non-hydrogen) atoms. The van der Waals surface area contributed by atoms with Gasteiger partial charge < -0.3 is 15.6 Å². The number of para-hydroxylation sites is 2. The van der Waals surface area contributed by atoms with Crippen LogP contribution in [0, 0.1) is 0 Å². The van der Waals surface area contributed by atoms with Gasteiger partial charge in [-0.25, -0.2) is 4.98 Å². The largest absolute Gasteiger partial charge is 0.342 e. The summed E-state index contributed by atoms with van der Waals surface area (Å²) in [5, 5.41) is 6.01. The topological polar surface area (TPSA) is 86.9 Å². The van der Waals surface area contributed by atoms with E-state index in [9.17, 15) is 9.59 Å². The molecule has 2 heterocycles. The maximum Gasteiger partial charge on any atom is 0.251 e. The van der Waals surface area contributed by atoms with Crippen LogP contribution in [-0.4, -0.2) is 21.8 Å². The van der Waals surface area contributed by atoms with Crippen molar-refractivity contribution in [2.24, 2.45) is 0 Å². The highest BCUT2D eigenvalue weighted by molar-refractivity contribution is 5.98. The number of aromatic nitrogens is 2. The number of anilines is 1. The van der Waals surface area contributed by atoms with Gasteiger partial charge >= 0.3 is 0 Å². The minimum absolute atomic E-state index is 0.0116. The van der Waals surface area contributed by atoms with Gasteiger partial charge in [-0.3, -0.25) is 9.59 Å². The van der Waals surface area contributed by atoms with Crippen molar-refractivity contribution in [2.75, 3.05) is 5.32 Å². The number of imidazole rings is 1. The van der Waals surface area contributed by atoms with E-state index in [2.05, 4.69) is 15.6 Å². The molecule has 6 nitrogen and oxygen atoms in total. The Balaban J connectivity index is 1.44. The minimum atomic E-state index is -0.307. The van der Waals surface area contributed by atoms with Crippen molar-refractivity contribution in [3.8, 4) is 0 Å². The summed E-state index contributed by atoms with van der Waals surface area (Å²) in [7, 11) is 0. The summed E-state index contributed by atoms with van der Waals surface area (Å²) in [6, 6.07) is 23.0. The fraction of sp³-hybridized carbons (Fsp3) is 0.160. The van der Waals surface area contributed by atoms with Gasteiger partial charge in [-0.05, 0) is 54.3 Å². The van der Waals surface area contributed by atoms with Gasteiger partial charge in [0.1, 0.15) is 5.82 Å². The number of nitrogens with zero attached hydrogens (tertiary/aromatic N) is 1. The van der Waals surface area contributed by atoms with Gasteiger partial charge in [0, 0.05) is 17.7 Å². The highest BCUT2D eigenvalue weighted by Crippen LogP contribution is 2.25. The summed E-state index contributed by atoms with van der Waals surface area (Å²) in [5.41, 5.74) is 5.26. The monoisotopic (exact) mass is 410 g/mol. The molecule has 0 saturated carbocycles. The zero-order valence-electron chi connectivity index (χ0n) is 16.9. The Morgan fingerprint density at radius 2 is 1.81 bits per heavy atom. The fourth-order valence-electron chi connectivity index (χ4n) is 3.97. The average molecular weight is 410 g/mol. The van der Waals surface area contributed by atoms with Gasteiger partial charge in [0.05, 0.1) is 17.1 Å². The van der Waals surface area contributed by atoms with E-state index in [1.807, 2.05) is 60.7 Å². The molecule has 0 radical (unpaired) electrons. The van der Waals surface area contributed by atoms with Crippen LogP contribution in [-0.2, 0) is 17.6 Å². The third kappa shape index (κ3) is 4.05. The average Bonchev–Trinajstić information content (AvgIpc) is 3.23. The summed E-state index contributed by atoms with van der Waals surface area (Å²) in [6.45, 7) is 0. The van der Waals surface area contributed by atoms with Crippen LogP contribution in [0.25, 0.3) is 11.0 Å². The van der Waals surface area contributed by atoms with Crippen molar-refractivity contribution in [3.63, 3.8) is 0 Å². The highest BCUT2D eigenvalue weighted by atomic mass is 16.2. The maximum absolute atomic E-state index is 13.1. The lowest BCUT2D eigenvalue weighted by atomic mass is 9.99. The zero-order chi connectivity index (χ0) is 21.2. The number of carbonyl (C=O) groups excluding carboxylic acids is 2. The Morgan fingerprint density at radius 3 is 2.65 bits per heavy atom. The van der Waals surface area contributed by atoms with E-state index in [-0.39, 0.29) is 17.9 Å². The molecule has 154 valence electrons. The summed E-state index contributed by atoms with van der Waals surface area (Å²) in [5.74, 6) is 0.572. The lowest BCUT2D eigenvalue weighted by Gasteiger charge is -2.19. The molecular weight excluding hydrogens is 388 g/mol. The number of benzene rings is 3. The van der Waals surface area contributed by atoms with Crippen molar-refractivity contribution in [1.29, 1.82) is 0 Å². The van der Waals surface area contributed by atoms with Crippen molar-refractivity contribution in [2.45, 2.75) is 25.3 Å². The summed E-state index contributed by atoms with van der Waals surface area (Å²) >= 11 is 0. The van der Waals surface area contributed by atoms with E-state index in [0.717, 1.165) is 33.7 Å². The van der Waals surface area contributed by atoms with Crippen LogP contribution in [0.4, 0.5) is 5.69 Å². The smallest absolute Gasteiger partial charge is 0.251 e. The predicted molar refractivity (Wildman–Crippen MR) is 120 cm³/mol. The number of aryl methyl sites for hydroxylation is 1. The van der Waals surface area contributed by atoms with Crippen LogP contribution in [0.5, 0.6) is 0 Å². The Bertz CT molecular complexity index is 1230. The normalized spacial score (nSPS) is 14.0. The van der Waals surface area contributed by atoms with Gasteiger partial charge in [-0.2, -0.15) is 0 Å². The molecule has 3 aromatic carbocycles. The molecule has 0 saturated heterocycles. The number of aromatic amines is 1. The molecule has 0 fully saturated rings. The first-order valence-corrected chi connectivity index (χ1v) is 10.4. The number of hydrogen-bond donors (Lipinski definition) is 3. The molecule has 1 aliphatic rings. The Labute approximate surface area is 179 Å². The van der Waals surface area contributed by atoms with Crippen molar-refractivity contribution < 1.29 is 9.59 Å². The standard InChI is InChI=1S/C25H22N4O2/c30-23-13-11-17-15-18(10-12-19(17)26-23)25(31)29-22(14-16-6-2-1-3-7-16)24-27-20-8-4-5-9-21(20)28-24/h1-10,12,15,22H,11,13-14H2,(H,26,30)(H,27,28)(H,29,31). The summed E-state index contributed by atoms with van der Waals surface area (Å²) < 4.78 is 0. The van der Waals surface area contributed by atoms with E-state index in [4.69, 9.17) is 4.98 Å². The second-order valence-electron chi connectivity index (χ2n) is 7.78. The van der Waals surface area contributed by atoms with E-state index >= 15 is 0 Å². The van der Waals surface area contributed by atoms with E-state index < -0.39 is 0 Å². The molecule has 0 spiro atoms. The second kappa shape index (κ2) is 8.07. The number of hydrogen-bond acceptors (Lipinski definition) is 3. The van der Waals surface area contributed by atoms with E-state index in [0.29, 0.717) is 24.8 Å². The molecule has 1 unspecified atom stereocenters. The quantitative estimate of drug-likeness (QED) is 0.462. The fourth-order valence-corrected chi connectivity index (χ4v) is 3.97. The van der Waals surface area contributed by atoms with Gasteiger partial charge in [-0.15, -0.1) is 0 Å². The highest BCUT2D eigenvalue weighted by Gasteiger charge is 2.22. The minimum Gasteiger partial charge on any atom is -0.342 e. The number of nitrogens with one attached hydrogen (secondary N) is 3. The van der Waals surface area contributed by atoms with E-state index in [1.165, 1.54) is 0 Å². The van der Waals surface area contributed by atoms with Crippen LogP contribution in [0.3, 0.4) is 0 Å². The van der Waals surface area contributed by atoms with Crippen molar-refractivity contribution >= 4 is 28.5 Å². The molecule has 4 aromatic rings. The first-order chi connectivity index (χ1) is 15.2. The molecule has 3 N–H and O–H groups in total. The molecule has 0 aliphatic carbocycles. The van der Waals surface area contributed by atoms with Gasteiger partial charge in [0.25, 0.3) is 5.91 Å². The molecule has 0 bridgehead atoms. The summed E-state index contributed by atoms with van der Waals surface area (Å²) in [6.07, 6.45) is 1.69. The predicted octanol–water partition coefficient (Wildman–Crippen LogP) is 4.16.